The molecule has 4 heteroatoms. The van der Waals surface area contributed by atoms with Gasteiger partial charge < -0.3 is 10.1 Å². The Kier molecular flexibility index (Phi) is 3.97. The Morgan fingerprint density at radius 1 is 1.47 bits per heavy atom. The highest BCUT2D eigenvalue weighted by Crippen LogP contribution is 2.20. The lowest BCUT2D eigenvalue weighted by molar-refractivity contribution is -0.115. The highest BCUT2D eigenvalue weighted by molar-refractivity contribution is 6.32. The second kappa shape index (κ2) is 5.03. The van der Waals surface area contributed by atoms with Gasteiger partial charge in [-0.3, -0.25) is 4.79 Å². The molecule has 0 aliphatic rings. The number of carbonyl (C=O) groups excluding carboxylic acids is 1. The molecule has 0 saturated heterocycles. The third kappa shape index (κ3) is 3.44. The number of amides is 1. The fraction of sp³-hybridized carbons (Fsp3) is 0.364. The molecule has 15 heavy (non-hydrogen) atoms. The number of alkyl halides is 1. The molecule has 0 saturated carbocycles. The van der Waals surface area contributed by atoms with Crippen molar-refractivity contribution in [2.45, 2.75) is 19.2 Å². The molecule has 0 radical (unpaired) electrons. The molecule has 0 spiro atoms. The standard InChI is InChI=1S/C11H14ClNO2/c1-7-4-9(6-10(5-7)15-3)13-11(14)8(2)12/h4-6,8H,1-3H3,(H,13,14)/t8-/m0/s1. The molecule has 82 valence electrons. The first-order chi connectivity index (χ1) is 7.02. The van der Waals surface area contributed by atoms with Gasteiger partial charge in [0.2, 0.25) is 5.91 Å². The Bertz CT molecular complexity index is 364. The van der Waals surface area contributed by atoms with Gasteiger partial charge in [-0.05, 0) is 31.5 Å². The van der Waals surface area contributed by atoms with Crippen LogP contribution in [0.2, 0.25) is 0 Å². The minimum Gasteiger partial charge on any atom is -0.497 e. The summed E-state index contributed by atoms with van der Waals surface area (Å²) in [5.41, 5.74) is 1.72. The van der Waals surface area contributed by atoms with Crippen molar-refractivity contribution in [3.8, 4) is 5.75 Å². The number of methoxy groups -OCH3 is 1. The van der Waals surface area contributed by atoms with Gasteiger partial charge in [-0.15, -0.1) is 11.6 Å². The van der Waals surface area contributed by atoms with Gasteiger partial charge in [-0.1, -0.05) is 0 Å². The van der Waals surface area contributed by atoms with Gasteiger partial charge in [-0.2, -0.15) is 0 Å². The summed E-state index contributed by atoms with van der Waals surface area (Å²) in [4.78, 5) is 11.3. The molecular formula is C11H14ClNO2. The van der Waals surface area contributed by atoms with E-state index in [1.165, 1.54) is 0 Å². The summed E-state index contributed by atoms with van der Waals surface area (Å²) in [5, 5.41) is 2.16. The number of hydrogen-bond acceptors (Lipinski definition) is 2. The van der Waals surface area contributed by atoms with Gasteiger partial charge in [0.15, 0.2) is 0 Å². The quantitative estimate of drug-likeness (QED) is 0.806. The lowest BCUT2D eigenvalue weighted by Gasteiger charge is -2.09. The van der Waals surface area contributed by atoms with Crippen molar-refractivity contribution in [1.82, 2.24) is 0 Å². The predicted molar refractivity (Wildman–Crippen MR) is 61.7 cm³/mol. The van der Waals surface area contributed by atoms with Crippen molar-refractivity contribution < 1.29 is 9.53 Å². The van der Waals surface area contributed by atoms with Gasteiger partial charge in [0.05, 0.1) is 7.11 Å². The molecule has 3 nitrogen and oxygen atoms in total. The van der Waals surface area contributed by atoms with Crippen LogP contribution in [-0.4, -0.2) is 18.4 Å². The first-order valence-corrected chi connectivity index (χ1v) is 5.07. The van der Waals surface area contributed by atoms with E-state index in [-0.39, 0.29) is 5.91 Å². The molecule has 0 heterocycles. The minimum absolute atomic E-state index is 0.218. The maximum absolute atomic E-state index is 11.3. The smallest absolute Gasteiger partial charge is 0.242 e. The van der Waals surface area contributed by atoms with E-state index in [1.54, 1.807) is 20.1 Å². The maximum atomic E-state index is 11.3. The number of aryl methyl sites for hydroxylation is 1. The molecule has 1 N–H and O–H groups in total. The highest BCUT2D eigenvalue weighted by Gasteiger charge is 2.09. The Morgan fingerprint density at radius 2 is 2.13 bits per heavy atom. The SMILES string of the molecule is COc1cc(C)cc(NC(=O)[C@H](C)Cl)c1. The van der Waals surface area contributed by atoms with E-state index in [0.717, 1.165) is 5.56 Å². The average Bonchev–Trinajstić information content (AvgIpc) is 2.16. The van der Waals surface area contributed by atoms with Crippen LogP contribution < -0.4 is 10.1 Å². The average molecular weight is 228 g/mol. The van der Waals surface area contributed by atoms with Gasteiger partial charge in [0.25, 0.3) is 0 Å². The number of nitrogens with one attached hydrogen (secondary N) is 1. The number of hydrogen-bond donors (Lipinski definition) is 1. The van der Waals surface area contributed by atoms with Crippen LogP contribution in [0, 0.1) is 6.92 Å². The van der Waals surface area contributed by atoms with Crippen LogP contribution in [0.5, 0.6) is 5.75 Å². The molecule has 0 bridgehead atoms. The molecule has 1 rings (SSSR count). The lowest BCUT2D eigenvalue weighted by atomic mass is 10.2. The van der Waals surface area contributed by atoms with E-state index >= 15 is 0 Å². The Morgan fingerprint density at radius 3 is 2.67 bits per heavy atom. The first-order valence-electron chi connectivity index (χ1n) is 4.63. The maximum Gasteiger partial charge on any atom is 0.242 e. The molecule has 1 atom stereocenters. The van der Waals surface area contributed by atoms with Gasteiger partial charge in [0, 0.05) is 11.8 Å². The lowest BCUT2D eigenvalue weighted by Crippen LogP contribution is -2.20. The molecular weight excluding hydrogens is 214 g/mol. The van der Waals surface area contributed by atoms with Crippen LogP contribution in [0.25, 0.3) is 0 Å². The van der Waals surface area contributed by atoms with Crippen LogP contribution in [0.1, 0.15) is 12.5 Å². The van der Waals surface area contributed by atoms with Crippen LogP contribution in [0.15, 0.2) is 18.2 Å². The van der Waals surface area contributed by atoms with Crippen molar-refractivity contribution in [3.05, 3.63) is 23.8 Å². The highest BCUT2D eigenvalue weighted by atomic mass is 35.5. The van der Waals surface area contributed by atoms with Gasteiger partial charge in [-0.25, -0.2) is 0 Å². The zero-order valence-electron chi connectivity index (χ0n) is 9.00. The zero-order valence-corrected chi connectivity index (χ0v) is 9.76. The molecule has 0 unspecified atom stereocenters. The molecule has 1 amide bonds. The number of anilines is 1. The van der Waals surface area contributed by atoms with E-state index in [4.69, 9.17) is 16.3 Å². The van der Waals surface area contributed by atoms with Crippen molar-refractivity contribution >= 4 is 23.2 Å². The minimum atomic E-state index is -0.545. The fourth-order valence-corrected chi connectivity index (χ4v) is 1.23. The number of halogens is 1. The van der Waals surface area contributed by atoms with E-state index < -0.39 is 5.38 Å². The van der Waals surface area contributed by atoms with Crippen molar-refractivity contribution in [1.29, 1.82) is 0 Å². The second-order valence-corrected chi connectivity index (χ2v) is 4.00. The summed E-state index contributed by atoms with van der Waals surface area (Å²) < 4.78 is 5.09. The van der Waals surface area contributed by atoms with E-state index in [0.29, 0.717) is 11.4 Å². The zero-order chi connectivity index (χ0) is 11.4. The second-order valence-electron chi connectivity index (χ2n) is 3.34. The Hall–Kier alpha value is -1.22. The first kappa shape index (κ1) is 11.9. The van der Waals surface area contributed by atoms with E-state index in [1.807, 2.05) is 19.1 Å². The third-order valence-electron chi connectivity index (χ3n) is 1.92. The topological polar surface area (TPSA) is 38.3 Å². The number of carbonyl (C=O) groups is 1. The molecule has 0 aromatic heterocycles. The van der Waals surface area contributed by atoms with E-state index in [2.05, 4.69) is 5.32 Å². The summed E-state index contributed by atoms with van der Waals surface area (Å²) in [6, 6.07) is 5.50. The monoisotopic (exact) mass is 227 g/mol. The van der Waals surface area contributed by atoms with Gasteiger partial charge in [0.1, 0.15) is 11.1 Å². The summed E-state index contributed by atoms with van der Waals surface area (Å²) in [6.45, 7) is 3.56. The van der Waals surface area contributed by atoms with Crippen LogP contribution in [0.4, 0.5) is 5.69 Å². The molecule has 1 aromatic carbocycles. The third-order valence-corrected chi connectivity index (χ3v) is 2.11. The number of rotatable bonds is 3. The predicted octanol–water partition coefficient (Wildman–Crippen LogP) is 2.57. The normalized spacial score (nSPS) is 12.0. The summed E-state index contributed by atoms with van der Waals surface area (Å²) in [6.07, 6.45) is 0. The Balaban J connectivity index is 2.85. The molecule has 0 fully saturated rings. The summed E-state index contributed by atoms with van der Waals surface area (Å²) >= 11 is 5.65. The Labute approximate surface area is 94.4 Å². The van der Waals surface area contributed by atoms with Crippen LogP contribution >= 0.6 is 11.6 Å². The van der Waals surface area contributed by atoms with Crippen molar-refractivity contribution in [2.24, 2.45) is 0 Å². The van der Waals surface area contributed by atoms with Crippen molar-refractivity contribution in [3.63, 3.8) is 0 Å². The van der Waals surface area contributed by atoms with Crippen LogP contribution in [-0.2, 0) is 4.79 Å². The molecule has 0 aliphatic carbocycles. The molecule has 0 aliphatic heterocycles. The van der Waals surface area contributed by atoms with Gasteiger partial charge >= 0.3 is 0 Å². The fourth-order valence-electron chi connectivity index (χ4n) is 1.18. The number of ether oxygens (including phenoxy) is 1. The largest absolute Gasteiger partial charge is 0.497 e. The van der Waals surface area contributed by atoms with E-state index in [9.17, 15) is 4.79 Å². The van der Waals surface area contributed by atoms with Crippen molar-refractivity contribution in [2.75, 3.05) is 12.4 Å². The van der Waals surface area contributed by atoms with Crippen LogP contribution in [0.3, 0.4) is 0 Å². The summed E-state index contributed by atoms with van der Waals surface area (Å²) in [7, 11) is 1.59. The number of benzene rings is 1. The summed E-state index contributed by atoms with van der Waals surface area (Å²) in [5.74, 6) is 0.497. The molecule has 1 aromatic rings.